The number of thiazole rings is 1. The first-order valence-electron chi connectivity index (χ1n) is 7.41. The lowest BCUT2D eigenvalue weighted by molar-refractivity contribution is 0.322. The monoisotopic (exact) mass is 352 g/mol. The molecule has 5 nitrogen and oxygen atoms in total. The first kappa shape index (κ1) is 17.6. The number of nitrogens with zero attached hydrogens (tertiary/aromatic N) is 2. The van der Waals surface area contributed by atoms with Gasteiger partial charge in [-0.2, -0.15) is 0 Å². The second-order valence-corrected chi connectivity index (χ2v) is 6.60. The van der Waals surface area contributed by atoms with Crippen LogP contribution < -0.4 is 15.4 Å². The third-order valence-electron chi connectivity index (χ3n) is 3.00. The van der Waals surface area contributed by atoms with E-state index in [1.807, 2.05) is 30.5 Å². The number of hydrogen-bond acceptors (Lipinski definition) is 4. The van der Waals surface area contributed by atoms with Gasteiger partial charge in [0.25, 0.3) is 0 Å². The van der Waals surface area contributed by atoms with Crippen molar-refractivity contribution in [2.75, 3.05) is 26.7 Å². The molecule has 1 heterocycles. The summed E-state index contributed by atoms with van der Waals surface area (Å²) in [6, 6.07) is 7.33. The molecular formula is C16H21ClN4OS. The number of aromatic nitrogens is 1. The molecule has 0 saturated carbocycles. The van der Waals surface area contributed by atoms with E-state index >= 15 is 0 Å². The van der Waals surface area contributed by atoms with Crippen LogP contribution >= 0.6 is 22.9 Å². The van der Waals surface area contributed by atoms with Crippen molar-refractivity contribution in [3.8, 4) is 5.75 Å². The Bertz CT molecular complexity index is 627. The largest absolute Gasteiger partial charge is 0.492 e. The third kappa shape index (κ3) is 6.46. The molecule has 0 fully saturated rings. The minimum atomic E-state index is 0.550. The van der Waals surface area contributed by atoms with Gasteiger partial charge >= 0.3 is 0 Å². The van der Waals surface area contributed by atoms with Gasteiger partial charge in [-0.1, -0.05) is 11.6 Å². The Labute approximate surface area is 145 Å². The molecule has 0 amide bonds. The minimum Gasteiger partial charge on any atom is -0.492 e. The van der Waals surface area contributed by atoms with E-state index in [2.05, 4.69) is 27.5 Å². The van der Waals surface area contributed by atoms with Crippen LogP contribution in [0.4, 0.5) is 0 Å². The van der Waals surface area contributed by atoms with Crippen molar-refractivity contribution in [2.45, 2.75) is 13.3 Å². The first-order chi connectivity index (χ1) is 11.2. The Balaban J connectivity index is 1.62. The van der Waals surface area contributed by atoms with Gasteiger partial charge in [-0.05, 0) is 31.2 Å². The van der Waals surface area contributed by atoms with Crippen molar-refractivity contribution in [3.63, 3.8) is 0 Å². The molecular weight excluding hydrogens is 332 g/mol. The van der Waals surface area contributed by atoms with Gasteiger partial charge < -0.3 is 15.4 Å². The van der Waals surface area contributed by atoms with Gasteiger partial charge in [0.1, 0.15) is 12.4 Å². The summed E-state index contributed by atoms with van der Waals surface area (Å²) >= 11 is 7.56. The average molecular weight is 353 g/mol. The molecule has 0 spiro atoms. The highest BCUT2D eigenvalue weighted by Crippen LogP contribution is 2.15. The highest BCUT2D eigenvalue weighted by Gasteiger charge is 2.01. The van der Waals surface area contributed by atoms with Crippen LogP contribution in [-0.4, -0.2) is 37.7 Å². The summed E-state index contributed by atoms with van der Waals surface area (Å²) < 4.78 is 5.62. The molecule has 124 valence electrons. The number of guanidine groups is 1. The lowest BCUT2D eigenvalue weighted by Crippen LogP contribution is -2.40. The lowest BCUT2D eigenvalue weighted by atomic mass is 10.3. The zero-order chi connectivity index (χ0) is 16.5. The fraction of sp³-hybridized carbons (Fsp3) is 0.375. The van der Waals surface area contributed by atoms with Crippen LogP contribution in [-0.2, 0) is 6.42 Å². The molecule has 0 aliphatic rings. The van der Waals surface area contributed by atoms with Crippen LogP contribution in [0.2, 0.25) is 5.02 Å². The fourth-order valence-electron chi connectivity index (χ4n) is 1.89. The van der Waals surface area contributed by atoms with Gasteiger partial charge in [0.2, 0.25) is 0 Å². The van der Waals surface area contributed by atoms with Crippen molar-refractivity contribution in [1.82, 2.24) is 15.6 Å². The first-order valence-corrected chi connectivity index (χ1v) is 8.61. The van der Waals surface area contributed by atoms with E-state index in [0.29, 0.717) is 18.2 Å². The van der Waals surface area contributed by atoms with Crippen LogP contribution in [0.5, 0.6) is 5.75 Å². The highest BCUT2D eigenvalue weighted by molar-refractivity contribution is 7.11. The maximum atomic E-state index is 5.83. The molecule has 0 bridgehead atoms. The maximum Gasteiger partial charge on any atom is 0.191 e. The molecule has 0 atom stereocenters. The summed E-state index contributed by atoms with van der Waals surface area (Å²) in [5, 5.41) is 8.32. The van der Waals surface area contributed by atoms with Crippen LogP contribution in [0.3, 0.4) is 0 Å². The number of aliphatic imine (C=N–C) groups is 1. The van der Waals surface area contributed by atoms with Gasteiger partial charge in [-0.15, -0.1) is 11.3 Å². The maximum absolute atomic E-state index is 5.83. The zero-order valence-corrected chi connectivity index (χ0v) is 14.9. The van der Waals surface area contributed by atoms with E-state index < -0.39 is 0 Å². The fourth-order valence-corrected chi connectivity index (χ4v) is 2.81. The average Bonchev–Trinajstić information content (AvgIpc) is 2.97. The minimum absolute atomic E-state index is 0.550. The van der Waals surface area contributed by atoms with E-state index in [1.54, 1.807) is 18.4 Å². The van der Waals surface area contributed by atoms with E-state index in [-0.39, 0.29) is 0 Å². The highest BCUT2D eigenvalue weighted by atomic mass is 35.5. The second kappa shape index (κ2) is 9.37. The Hall–Kier alpha value is -1.79. The zero-order valence-electron chi connectivity index (χ0n) is 13.3. The number of aryl methyl sites for hydroxylation is 1. The van der Waals surface area contributed by atoms with E-state index in [1.165, 1.54) is 4.88 Å². The Morgan fingerprint density at radius 1 is 1.26 bits per heavy atom. The Morgan fingerprint density at radius 3 is 2.65 bits per heavy atom. The summed E-state index contributed by atoms with van der Waals surface area (Å²) in [6.45, 7) is 4.08. The number of benzene rings is 1. The molecule has 0 saturated heterocycles. The molecule has 0 aliphatic heterocycles. The van der Waals surface area contributed by atoms with Crippen LogP contribution in [0, 0.1) is 6.92 Å². The van der Waals surface area contributed by atoms with Gasteiger partial charge in [-0.25, -0.2) is 4.98 Å². The SMILES string of the molecule is CN=C(NCCOc1ccc(Cl)cc1)NCCc1ncc(C)s1. The molecule has 0 radical (unpaired) electrons. The van der Waals surface area contributed by atoms with Crippen molar-refractivity contribution >= 4 is 28.9 Å². The molecule has 2 aromatic rings. The summed E-state index contributed by atoms with van der Waals surface area (Å²) in [5.74, 6) is 1.57. The topological polar surface area (TPSA) is 58.5 Å². The summed E-state index contributed by atoms with van der Waals surface area (Å²) in [4.78, 5) is 9.77. The lowest BCUT2D eigenvalue weighted by Gasteiger charge is -2.12. The molecule has 1 aromatic carbocycles. The van der Waals surface area contributed by atoms with Crippen LogP contribution in [0.15, 0.2) is 35.5 Å². The summed E-state index contributed by atoms with van der Waals surface area (Å²) in [7, 11) is 1.75. The second-order valence-electron chi connectivity index (χ2n) is 4.84. The van der Waals surface area contributed by atoms with E-state index in [4.69, 9.17) is 16.3 Å². The molecule has 0 aliphatic carbocycles. The molecule has 1 aromatic heterocycles. The van der Waals surface area contributed by atoms with Gasteiger partial charge in [0, 0.05) is 36.1 Å². The van der Waals surface area contributed by atoms with Crippen molar-refractivity contribution < 1.29 is 4.74 Å². The Kier molecular flexibility index (Phi) is 7.16. The third-order valence-corrected chi connectivity index (χ3v) is 4.23. The molecule has 7 heteroatoms. The van der Waals surface area contributed by atoms with Crippen molar-refractivity contribution in [3.05, 3.63) is 45.4 Å². The quantitative estimate of drug-likeness (QED) is 0.457. The van der Waals surface area contributed by atoms with Gasteiger partial charge in [0.15, 0.2) is 5.96 Å². The van der Waals surface area contributed by atoms with Gasteiger partial charge in [0.05, 0.1) is 11.6 Å². The summed E-state index contributed by atoms with van der Waals surface area (Å²) in [6.07, 6.45) is 2.79. The summed E-state index contributed by atoms with van der Waals surface area (Å²) in [5.41, 5.74) is 0. The van der Waals surface area contributed by atoms with Crippen LogP contribution in [0.1, 0.15) is 9.88 Å². The molecule has 23 heavy (non-hydrogen) atoms. The number of nitrogens with one attached hydrogen (secondary N) is 2. The predicted molar refractivity (Wildman–Crippen MR) is 96.9 cm³/mol. The number of ether oxygens (including phenoxy) is 1. The van der Waals surface area contributed by atoms with Crippen molar-refractivity contribution in [2.24, 2.45) is 4.99 Å². The molecule has 2 N–H and O–H groups in total. The normalized spacial score (nSPS) is 11.3. The van der Waals surface area contributed by atoms with E-state index in [0.717, 1.165) is 29.7 Å². The number of rotatable bonds is 7. The Morgan fingerprint density at radius 2 is 2.00 bits per heavy atom. The van der Waals surface area contributed by atoms with Crippen molar-refractivity contribution in [1.29, 1.82) is 0 Å². The number of halogens is 1. The predicted octanol–water partition coefficient (Wildman–Crippen LogP) is 2.89. The van der Waals surface area contributed by atoms with E-state index in [9.17, 15) is 0 Å². The van der Waals surface area contributed by atoms with Crippen LogP contribution in [0.25, 0.3) is 0 Å². The van der Waals surface area contributed by atoms with Gasteiger partial charge in [-0.3, -0.25) is 4.99 Å². The molecule has 2 rings (SSSR count). The smallest absolute Gasteiger partial charge is 0.191 e. The number of hydrogen-bond donors (Lipinski definition) is 2. The molecule has 0 unspecified atom stereocenters. The standard InChI is InChI=1S/C16H21ClN4OS/c1-12-11-21-15(23-12)7-8-19-16(18-2)20-9-10-22-14-5-3-13(17)4-6-14/h3-6,11H,7-10H2,1-2H3,(H2,18,19,20).